The number of alkyl halides is 3. The summed E-state index contributed by atoms with van der Waals surface area (Å²) < 4.78 is 43.2. The molecule has 1 heterocycles. The minimum absolute atomic E-state index is 0.350. The second-order valence-corrected chi connectivity index (χ2v) is 5.89. The van der Waals surface area contributed by atoms with Gasteiger partial charge in [0, 0.05) is 29.4 Å². The Hall–Kier alpha value is -2.96. The van der Waals surface area contributed by atoms with E-state index in [-0.39, 0.29) is 5.91 Å². The van der Waals surface area contributed by atoms with Crippen LogP contribution in [0.2, 0.25) is 0 Å². The van der Waals surface area contributed by atoms with Crippen molar-refractivity contribution in [2.45, 2.75) is 13.1 Å². The van der Waals surface area contributed by atoms with Gasteiger partial charge in [-0.25, -0.2) is 0 Å². The van der Waals surface area contributed by atoms with Gasteiger partial charge in [0.2, 0.25) is 0 Å². The molecule has 2 aromatic rings. The molecule has 7 heteroatoms. The molecule has 0 aromatic heterocycles. The van der Waals surface area contributed by atoms with E-state index in [0.29, 0.717) is 29.2 Å². The Labute approximate surface area is 148 Å². The number of allylic oxidation sites excluding steroid dienone is 1. The molecule has 0 spiro atoms. The van der Waals surface area contributed by atoms with Crippen LogP contribution in [0, 0.1) is 0 Å². The van der Waals surface area contributed by atoms with Crippen molar-refractivity contribution in [1.82, 2.24) is 0 Å². The molecule has 3 rings (SSSR count). The van der Waals surface area contributed by atoms with E-state index in [4.69, 9.17) is 4.74 Å². The van der Waals surface area contributed by atoms with Gasteiger partial charge in [-0.2, -0.15) is 13.2 Å². The second kappa shape index (κ2) is 7.11. The van der Waals surface area contributed by atoms with Crippen molar-refractivity contribution in [3.63, 3.8) is 0 Å². The summed E-state index contributed by atoms with van der Waals surface area (Å²) in [4.78, 5) is 12.3. The number of ether oxygens (including phenoxy) is 1. The molecule has 0 aliphatic carbocycles. The average molecular weight is 362 g/mol. The highest BCUT2D eigenvalue weighted by Gasteiger charge is 2.29. The first kappa shape index (κ1) is 17.8. The maximum Gasteiger partial charge on any atom is 0.412 e. The summed E-state index contributed by atoms with van der Waals surface area (Å²) in [5.74, 6) is 0.314. The minimum atomic E-state index is -4.36. The maximum atomic E-state index is 12.6. The van der Waals surface area contributed by atoms with Gasteiger partial charge in [0.05, 0.1) is 5.69 Å². The number of carbonyl (C=O) groups excluding carboxylic acids is 1. The van der Waals surface area contributed by atoms with Crippen LogP contribution in [-0.2, 0) is 0 Å². The maximum absolute atomic E-state index is 12.6. The van der Waals surface area contributed by atoms with Crippen molar-refractivity contribution in [1.29, 1.82) is 0 Å². The molecule has 0 atom stereocenters. The lowest BCUT2D eigenvalue weighted by Crippen LogP contribution is -2.18. The number of rotatable bonds is 3. The van der Waals surface area contributed by atoms with Gasteiger partial charge in [-0.1, -0.05) is 12.1 Å². The first-order valence-electron chi connectivity index (χ1n) is 8.00. The van der Waals surface area contributed by atoms with Crippen LogP contribution in [-0.4, -0.2) is 25.2 Å². The molecule has 0 unspecified atom stereocenters. The van der Waals surface area contributed by atoms with Gasteiger partial charge in [0.1, 0.15) is 12.4 Å². The number of fused-ring (bicyclic) bond motifs is 1. The average Bonchev–Trinajstić information content (AvgIpc) is 2.61. The summed E-state index contributed by atoms with van der Waals surface area (Å²) in [6.45, 7) is 2.29. The number of hydrogen-bond donors (Lipinski definition) is 2. The highest BCUT2D eigenvalue weighted by atomic mass is 19.4. The quantitative estimate of drug-likeness (QED) is 0.831. The van der Waals surface area contributed by atoms with Crippen molar-refractivity contribution >= 4 is 23.4 Å². The lowest BCUT2D eigenvalue weighted by molar-refractivity contribution is -0.0903. The van der Waals surface area contributed by atoms with Gasteiger partial charge in [-0.05, 0) is 42.8 Å². The molecule has 4 nitrogen and oxygen atoms in total. The van der Waals surface area contributed by atoms with Gasteiger partial charge in [0.25, 0.3) is 5.91 Å². The molecule has 1 aliphatic heterocycles. The van der Waals surface area contributed by atoms with Crippen molar-refractivity contribution in [3.05, 3.63) is 59.2 Å². The number of hydrogen-bond acceptors (Lipinski definition) is 3. The zero-order valence-electron chi connectivity index (χ0n) is 14.0. The van der Waals surface area contributed by atoms with Gasteiger partial charge in [-0.3, -0.25) is 4.79 Å². The van der Waals surface area contributed by atoms with E-state index in [2.05, 4.69) is 10.6 Å². The summed E-state index contributed by atoms with van der Waals surface area (Å²) in [6, 6.07) is 11.2. The molecule has 2 N–H and O–H groups in total. The van der Waals surface area contributed by atoms with E-state index < -0.39 is 11.7 Å². The fourth-order valence-electron chi connectivity index (χ4n) is 2.48. The Morgan fingerprint density at radius 3 is 2.62 bits per heavy atom. The molecule has 1 aliphatic rings. The molecular weight excluding hydrogens is 345 g/mol. The van der Waals surface area contributed by atoms with Gasteiger partial charge in [-0.15, -0.1) is 0 Å². The van der Waals surface area contributed by atoms with E-state index in [1.807, 2.05) is 6.07 Å². The third-order valence-electron chi connectivity index (χ3n) is 3.92. The Morgan fingerprint density at radius 1 is 1.19 bits per heavy atom. The first-order valence-corrected chi connectivity index (χ1v) is 8.00. The minimum Gasteiger partial charge on any atom is -0.490 e. The number of benzene rings is 2. The molecule has 136 valence electrons. The molecule has 1 amide bonds. The van der Waals surface area contributed by atoms with E-state index in [0.717, 1.165) is 25.2 Å². The summed E-state index contributed by atoms with van der Waals surface area (Å²) >= 11 is 0. The molecule has 0 fully saturated rings. The monoisotopic (exact) mass is 362 g/mol. The Bertz CT molecular complexity index is 843. The number of halogens is 3. The van der Waals surface area contributed by atoms with E-state index >= 15 is 0 Å². The van der Waals surface area contributed by atoms with E-state index in [1.54, 1.807) is 12.1 Å². The molecule has 0 bridgehead atoms. The van der Waals surface area contributed by atoms with Crippen LogP contribution in [0.5, 0.6) is 5.75 Å². The summed E-state index contributed by atoms with van der Waals surface area (Å²) in [7, 11) is 0. The SMILES string of the molecule is C/C(=C\c1ccc(C(=O)Nc2ccc3c(c2)OCCN3)cc1)C(F)(F)F. The number of amides is 1. The molecule has 26 heavy (non-hydrogen) atoms. The third-order valence-corrected chi connectivity index (χ3v) is 3.92. The van der Waals surface area contributed by atoms with Crippen LogP contribution in [0.4, 0.5) is 24.5 Å². The molecular formula is C19H17F3N2O2. The van der Waals surface area contributed by atoms with Crippen LogP contribution in [0.3, 0.4) is 0 Å². The lowest BCUT2D eigenvalue weighted by atomic mass is 10.1. The van der Waals surface area contributed by atoms with Crippen LogP contribution >= 0.6 is 0 Å². The van der Waals surface area contributed by atoms with Crippen LogP contribution in [0.15, 0.2) is 48.0 Å². The molecule has 0 saturated heterocycles. The third kappa shape index (κ3) is 4.17. The Balaban J connectivity index is 1.71. The first-order chi connectivity index (χ1) is 12.3. The number of carbonyl (C=O) groups is 1. The smallest absolute Gasteiger partial charge is 0.412 e. The summed E-state index contributed by atoms with van der Waals surface area (Å²) in [5, 5.41) is 5.93. The topological polar surface area (TPSA) is 50.4 Å². The zero-order valence-corrected chi connectivity index (χ0v) is 14.0. The van der Waals surface area contributed by atoms with Crippen molar-refractivity contribution in [2.75, 3.05) is 23.8 Å². The number of anilines is 2. The predicted octanol–water partition coefficient (Wildman–Crippen LogP) is 4.71. The second-order valence-electron chi connectivity index (χ2n) is 5.89. The van der Waals surface area contributed by atoms with E-state index in [1.165, 1.54) is 24.3 Å². The summed E-state index contributed by atoms with van der Waals surface area (Å²) in [6.07, 6.45) is -3.32. The lowest BCUT2D eigenvalue weighted by Gasteiger charge is -2.19. The standard InChI is InChI=1S/C19H17F3N2O2/c1-12(19(20,21)22)10-13-2-4-14(5-3-13)18(25)24-15-6-7-16-17(11-15)26-9-8-23-16/h2-7,10-11,23H,8-9H2,1H3,(H,24,25)/b12-10+. The molecule has 0 radical (unpaired) electrons. The Kier molecular flexibility index (Phi) is 4.88. The van der Waals surface area contributed by atoms with Crippen molar-refractivity contribution < 1.29 is 22.7 Å². The molecule has 2 aromatic carbocycles. The Morgan fingerprint density at radius 2 is 1.92 bits per heavy atom. The summed E-state index contributed by atoms with van der Waals surface area (Å²) in [5.41, 5.74) is 1.48. The van der Waals surface area contributed by atoms with Gasteiger partial charge >= 0.3 is 6.18 Å². The fourth-order valence-corrected chi connectivity index (χ4v) is 2.48. The normalized spacial score (nSPS) is 14.1. The number of nitrogens with one attached hydrogen (secondary N) is 2. The van der Waals surface area contributed by atoms with Crippen molar-refractivity contribution in [3.8, 4) is 5.75 Å². The highest BCUT2D eigenvalue weighted by Crippen LogP contribution is 2.30. The van der Waals surface area contributed by atoms with E-state index in [9.17, 15) is 18.0 Å². The van der Waals surface area contributed by atoms with Crippen molar-refractivity contribution in [2.24, 2.45) is 0 Å². The van der Waals surface area contributed by atoms with Crippen LogP contribution < -0.4 is 15.4 Å². The fraction of sp³-hybridized carbons (Fsp3) is 0.211. The van der Waals surface area contributed by atoms with Crippen LogP contribution in [0.25, 0.3) is 6.08 Å². The largest absolute Gasteiger partial charge is 0.490 e. The van der Waals surface area contributed by atoms with Gasteiger partial charge < -0.3 is 15.4 Å². The predicted molar refractivity (Wildman–Crippen MR) is 94.5 cm³/mol. The highest BCUT2D eigenvalue weighted by molar-refractivity contribution is 6.04. The van der Waals surface area contributed by atoms with Crippen LogP contribution in [0.1, 0.15) is 22.8 Å². The van der Waals surface area contributed by atoms with Gasteiger partial charge in [0.15, 0.2) is 0 Å². The zero-order chi connectivity index (χ0) is 18.7. The molecule has 0 saturated carbocycles.